The molecule has 0 spiro atoms. The second kappa shape index (κ2) is 5.21. The highest BCUT2D eigenvalue weighted by Gasteiger charge is 2.35. The van der Waals surface area contributed by atoms with Crippen molar-refractivity contribution < 1.29 is 23.1 Å². The summed E-state index contributed by atoms with van der Waals surface area (Å²) in [6.07, 6.45) is -3.45. The van der Waals surface area contributed by atoms with Gasteiger partial charge in [-0.1, -0.05) is 12.1 Å². The van der Waals surface area contributed by atoms with E-state index in [-0.39, 0.29) is 12.5 Å². The van der Waals surface area contributed by atoms with E-state index < -0.39 is 29.3 Å². The first-order chi connectivity index (χ1) is 8.89. The van der Waals surface area contributed by atoms with Crippen LogP contribution in [0.25, 0.3) is 0 Å². The number of aliphatic hydroxyl groups excluding tert-OH is 1. The summed E-state index contributed by atoms with van der Waals surface area (Å²) >= 11 is 0. The highest BCUT2D eigenvalue weighted by atomic mass is 19.4. The molecule has 19 heavy (non-hydrogen) atoms. The Morgan fingerprint density at radius 3 is 2.58 bits per heavy atom. The van der Waals surface area contributed by atoms with Crippen LogP contribution in [0.15, 0.2) is 24.3 Å². The average Bonchev–Trinajstić information content (AvgIpc) is 3.18. The second-order valence-electron chi connectivity index (χ2n) is 4.66. The first-order valence-corrected chi connectivity index (χ1v) is 6.02. The minimum Gasteiger partial charge on any atom is -0.391 e. The van der Waals surface area contributed by atoms with E-state index in [4.69, 9.17) is 0 Å². The fourth-order valence-corrected chi connectivity index (χ4v) is 1.87. The first-order valence-electron chi connectivity index (χ1n) is 6.02. The summed E-state index contributed by atoms with van der Waals surface area (Å²) < 4.78 is 38.1. The van der Waals surface area contributed by atoms with E-state index >= 15 is 0 Å². The highest BCUT2D eigenvalue weighted by Crippen LogP contribution is 2.33. The SMILES string of the molecule is O=C(NC[C@H](O)C1CC1)c1ccccc1C(F)(F)F. The van der Waals surface area contributed by atoms with E-state index in [1.807, 2.05) is 0 Å². The van der Waals surface area contributed by atoms with Crippen molar-refractivity contribution in [1.82, 2.24) is 5.32 Å². The van der Waals surface area contributed by atoms with Crippen molar-refractivity contribution in [3.63, 3.8) is 0 Å². The van der Waals surface area contributed by atoms with E-state index in [1.165, 1.54) is 12.1 Å². The van der Waals surface area contributed by atoms with Crippen LogP contribution < -0.4 is 5.32 Å². The minimum absolute atomic E-state index is 0.0182. The van der Waals surface area contributed by atoms with Crippen molar-refractivity contribution in [2.75, 3.05) is 6.54 Å². The summed E-state index contributed by atoms with van der Waals surface area (Å²) in [7, 11) is 0. The Morgan fingerprint density at radius 1 is 1.37 bits per heavy atom. The number of aliphatic hydroxyl groups is 1. The third-order valence-corrected chi connectivity index (χ3v) is 3.12. The van der Waals surface area contributed by atoms with Gasteiger partial charge in [0.1, 0.15) is 0 Å². The Balaban J connectivity index is 2.06. The zero-order valence-electron chi connectivity index (χ0n) is 10.1. The van der Waals surface area contributed by atoms with E-state index in [1.54, 1.807) is 0 Å². The van der Waals surface area contributed by atoms with Crippen molar-refractivity contribution in [2.45, 2.75) is 25.1 Å². The molecular weight excluding hydrogens is 259 g/mol. The molecule has 1 aliphatic rings. The lowest BCUT2D eigenvalue weighted by Crippen LogP contribution is -2.34. The molecule has 1 amide bonds. The van der Waals surface area contributed by atoms with E-state index in [0.717, 1.165) is 25.0 Å². The molecule has 0 bridgehead atoms. The van der Waals surface area contributed by atoms with Gasteiger partial charge in [-0.25, -0.2) is 0 Å². The molecule has 0 aromatic heterocycles. The van der Waals surface area contributed by atoms with Crippen molar-refractivity contribution >= 4 is 5.91 Å². The molecule has 2 rings (SSSR count). The van der Waals surface area contributed by atoms with E-state index in [0.29, 0.717) is 0 Å². The topological polar surface area (TPSA) is 49.3 Å². The molecule has 0 unspecified atom stereocenters. The third kappa shape index (κ3) is 3.47. The van der Waals surface area contributed by atoms with Crippen LogP contribution >= 0.6 is 0 Å². The maximum atomic E-state index is 12.7. The van der Waals surface area contributed by atoms with Crippen LogP contribution in [0.5, 0.6) is 0 Å². The highest BCUT2D eigenvalue weighted by molar-refractivity contribution is 5.95. The Bertz CT molecular complexity index is 469. The second-order valence-corrected chi connectivity index (χ2v) is 4.66. The zero-order chi connectivity index (χ0) is 14.0. The van der Waals surface area contributed by atoms with Gasteiger partial charge in [0.05, 0.1) is 17.2 Å². The molecule has 1 atom stereocenters. The predicted molar refractivity (Wildman–Crippen MR) is 62.5 cm³/mol. The van der Waals surface area contributed by atoms with Crippen LogP contribution in [-0.2, 0) is 6.18 Å². The molecule has 3 nitrogen and oxygen atoms in total. The fraction of sp³-hybridized carbons (Fsp3) is 0.462. The van der Waals surface area contributed by atoms with Crippen LogP contribution in [0.2, 0.25) is 0 Å². The molecule has 6 heteroatoms. The Hall–Kier alpha value is -1.56. The summed E-state index contributed by atoms with van der Waals surface area (Å²) in [6.45, 7) is -0.0182. The Labute approximate surface area is 108 Å². The number of amides is 1. The summed E-state index contributed by atoms with van der Waals surface area (Å²) in [4.78, 5) is 11.7. The number of halogens is 3. The lowest BCUT2D eigenvalue weighted by atomic mass is 10.1. The molecule has 1 aromatic rings. The predicted octanol–water partition coefficient (Wildman–Crippen LogP) is 2.21. The van der Waals surface area contributed by atoms with Gasteiger partial charge in [-0.15, -0.1) is 0 Å². The van der Waals surface area contributed by atoms with Gasteiger partial charge >= 0.3 is 6.18 Å². The van der Waals surface area contributed by atoms with Crippen molar-refractivity contribution in [3.8, 4) is 0 Å². The molecule has 1 saturated carbocycles. The molecule has 0 radical (unpaired) electrons. The number of carbonyl (C=O) groups excluding carboxylic acids is 1. The number of hydrogen-bond donors (Lipinski definition) is 2. The molecule has 2 N–H and O–H groups in total. The van der Waals surface area contributed by atoms with Crippen LogP contribution in [0.4, 0.5) is 13.2 Å². The third-order valence-electron chi connectivity index (χ3n) is 3.12. The largest absolute Gasteiger partial charge is 0.417 e. The molecule has 0 heterocycles. The lowest BCUT2D eigenvalue weighted by Gasteiger charge is -2.14. The number of carbonyl (C=O) groups is 1. The van der Waals surface area contributed by atoms with Gasteiger partial charge in [0.2, 0.25) is 0 Å². The normalized spacial score (nSPS) is 17.1. The summed E-state index contributed by atoms with van der Waals surface area (Å²) in [5.74, 6) is -0.647. The smallest absolute Gasteiger partial charge is 0.391 e. The van der Waals surface area contributed by atoms with Gasteiger partial charge in [0.15, 0.2) is 0 Å². The molecular formula is C13H14F3NO2. The van der Waals surface area contributed by atoms with Crippen LogP contribution in [0, 0.1) is 5.92 Å². The Kier molecular flexibility index (Phi) is 3.80. The lowest BCUT2D eigenvalue weighted by molar-refractivity contribution is -0.137. The van der Waals surface area contributed by atoms with Crippen LogP contribution in [0.1, 0.15) is 28.8 Å². The van der Waals surface area contributed by atoms with Gasteiger partial charge in [-0.05, 0) is 30.9 Å². The quantitative estimate of drug-likeness (QED) is 0.883. The summed E-state index contributed by atoms with van der Waals surface area (Å²) in [5.41, 5.74) is -1.38. The number of nitrogens with one attached hydrogen (secondary N) is 1. The zero-order valence-corrected chi connectivity index (χ0v) is 10.1. The van der Waals surface area contributed by atoms with E-state index in [2.05, 4.69) is 5.32 Å². The molecule has 104 valence electrons. The Morgan fingerprint density at radius 2 is 2.00 bits per heavy atom. The average molecular weight is 273 g/mol. The molecule has 1 fully saturated rings. The van der Waals surface area contributed by atoms with Crippen molar-refractivity contribution in [2.24, 2.45) is 5.92 Å². The summed E-state index contributed by atoms with van der Waals surface area (Å²) in [6, 6.07) is 4.61. The van der Waals surface area contributed by atoms with Crippen LogP contribution in [0.3, 0.4) is 0 Å². The molecule has 0 saturated heterocycles. The summed E-state index contributed by atoms with van der Waals surface area (Å²) in [5, 5.41) is 11.9. The number of hydrogen-bond acceptors (Lipinski definition) is 2. The first kappa shape index (κ1) is 13.9. The molecule has 1 aromatic carbocycles. The van der Waals surface area contributed by atoms with Gasteiger partial charge in [-0.3, -0.25) is 4.79 Å². The van der Waals surface area contributed by atoms with Gasteiger partial charge in [-0.2, -0.15) is 13.2 Å². The van der Waals surface area contributed by atoms with Gasteiger partial charge < -0.3 is 10.4 Å². The van der Waals surface area contributed by atoms with Gasteiger partial charge in [0, 0.05) is 6.54 Å². The maximum Gasteiger partial charge on any atom is 0.417 e. The molecule has 1 aliphatic carbocycles. The standard InChI is InChI=1S/C13H14F3NO2/c14-13(15,16)10-4-2-1-3-9(10)12(19)17-7-11(18)8-5-6-8/h1-4,8,11,18H,5-7H2,(H,17,19)/t11-/m0/s1. The van der Waals surface area contributed by atoms with E-state index in [9.17, 15) is 23.1 Å². The van der Waals surface area contributed by atoms with Crippen molar-refractivity contribution in [1.29, 1.82) is 0 Å². The number of alkyl halides is 3. The van der Waals surface area contributed by atoms with Crippen molar-refractivity contribution in [3.05, 3.63) is 35.4 Å². The number of benzene rings is 1. The van der Waals surface area contributed by atoms with Gasteiger partial charge in [0.25, 0.3) is 5.91 Å². The fourth-order valence-electron chi connectivity index (χ4n) is 1.87. The number of rotatable bonds is 4. The monoisotopic (exact) mass is 273 g/mol. The minimum atomic E-state index is -4.57. The maximum absolute atomic E-state index is 12.7. The molecule has 0 aliphatic heterocycles. The van der Waals surface area contributed by atoms with Crippen LogP contribution in [-0.4, -0.2) is 23.7 Å².